The molecule has 1 aromatic heterocycles. The predicted octanol–water partition coefficient (Wildman–Crippen LogP) is 8.12. The quantitative estimate of drug-likeness (QED) is 0.0399. The van der Waals surface area contributed by atoms with Crippen molar-refractivity contribution < 1.29 is 38.6 Å². The topological polar surface area (TPSA) is 172 Å². The third kappa shape index (κ3) is 10.4. The summed E-state index contributed by atoms with van der Waals surface area (Å²) < 4.78 is 10.7. The number of hydrogen-bond donors (Lipinski definition) is 5. The van der Waals surface area contributed by atoms with Crippen molar-refractivity contribution in [3.8, 4) is 11.5 Å². The zero-order valence-corrected chi connectivity index (χ0v) is 32.6. The van der Waals surface area contributed by atoms with Crippen molar-refractivity contribution in [3.63, 3.8) is 0 Å². The van der Waals surface area contributed by atoms with E-state index in [4.69, 9.17) is 9.47 Å². The highest BCUT2D eigenvalue weighted by atomic mass is 32.2. The molecule has 0 aliphatic rings. The van der Waals surface area contributed by atoms with Crippen molar-refractivity contribution in [2.24, 2.45) is 0 Å². The smallest absolute Gasteiger partial charge is 0.341 e. The largest absolute Gasteiger partial charge is 0.508 e. The van der Waals surface area contributed by atoms with Crippen molar-refractivity contribution in [1.82, 2.24) is 5.32 Å². The minimum absolute atomic E-state index is 0.0346. The number of anilines is 3. The fraction of sp³-hybridized carbons (Fsp3) is 0.167. The number of methoxy groups -OCH3 is 1. The molecule has 0 fully saturated rings. The van der Waals surface area contributed by atoms with E-state index in [0.29, 0.717) is 39.4 Å². The predicted molar refractivity (Wildman–Crippen MR) is 220 cm³/mol. The molecule has 12 nitrogen and oxygen atoms in total. The molecule has 14 heteroatoms. The number of esters is 1. The fourth-order valence-electron chi connectivity index (χ4n) is 5.42. The van der Waals surface area contributed by atoms with Crippen LogP contribution in [0.1, 0.15) is 61.8 Å². The monoisotopic (exact) mass is 792 g/mol. The number of thioether (sulfide) groups is 1. The molecular weight excluding hydrogens is 753 g/mol. The van der Waals surface area contributed by atoms with Gasteiger partial charge in [-0.25, -0.2) is 4.79 Å². The summed E-state index contributed by atoms with van der Waals surface area (Å²) in [6, 6.07) is 28.6. The van der Waals surface area contributed by atoms with Crippen molar-refractivity contribution in [1.29, 1.82) is 0 Å². The Kier molecular flexibility index (Phi) is 14.0. The van der Waals surface area contributed by atoms with Crippen LogP contribution in [0.2, 0.25) is 0 Å². The van der Waals surface area contributed by atoms with Gasteiger partial charge < -0.3 is 35.8 Å². The summed E-state index contributed by atoms with van der Waals surface area (Å²) in [6.07, 6.45) is 1.85. The molecule has 1 unspecified atom stereocenters. The molecule has 56 heavy (non-hydrogen) atoms. The van der Waals surface area contributed by atoms with Gasteiger partial charge in [-0.3, -0.25) is 19.2 Å². The van der Waals surface area contributed by atoms with Gasteiger partial charge in [0.25, 0.3) is 17.7 Å². The van der Waals surface area contributed by atoms with Gasteiger partial charge in [-0.15, -0.1) is 23.1 Å². The van der Waals surface area contributed by atoms with E-state index in [0.717, 1.165) is 11.3 Å². The second-order valence-electron chi connectivity index (χ2n) is 12.1. The van der Waals surface area contributed by atoms with E-state index < -0.39 is 34.8 Å². The van der Waals surface area contributed by atoms with E-state index >= 15 is 0 Å². The molecule has 5 rings (SSSR count). The molecule has 1 atom stereocenters. The van der Waals surface area contributed by atoms with Crippen LogP contribution in [0.25, 0.3) is 6.08 Å². The minimum Gasteiger partial charge on any atom is -0.508 e. The van der Waals surface area contributed by atoms with Gasteiger partial charge in [0, 0.05) is 33.5 Å². The lowest BCUT2D eigenvalue weighted by Gasteiger charge is -2.16. The third-order valence-corrected chi connectivity index (χ3v) is 10.7. The fourth-order valence-corrected chi connectivity index (χ4v) is 7.52. The van der Waals surface area contributed by atoms with Gasteiger partial charge in [0.2, 0.25) is 5.91 Å². The van der Waals surface area contributed by atoms with Gasteiger partial charge in [0.15, 0.2) is 0 Å². The van der Waals surface area contributed by atoms with Crippen LogP contribution in [0, 0.1) is 6.92 Å². The van der Waals surface area contributed by atoms with Crippen LogP contribution in [0.3, 0.4) is 0 Å². The van der Waals surface area contributed by atoms with Gasteiger partial charge >= 0.3 is 5.97 Å². The number of carbonyl (C=O) groups is 5. The summed E-state index contributed by atoms with van der Waals surface area (Å²) >= 11 is 2.24. The number of phenols is 1. The molecule has 4 aromatic carbocycles. The first-order valence-corrected chi connectivity index (χ1v) is 19.2. The molecule has 5 aromatic rings. The van der Waals surface area contributed by atoms with Crippen molar-refractivity contribution >= 4 is 75.1 Å². The normalized spacial score (nSPS) is 11.5. The van der Waals surface area contributed by atoms with Crippen LogP contribution in [0.4, 0.5) is 16.4 Å². The first-order chi connectivity index (χ1) is 27.0. The highest BCUT2D eigenvalue weighted by molar-refractivity contribution is 8.00. The molecule has 0 bridgehead atoms. The molecule has 0 saturated heterocycles. The second kappa shape index (κ2) is 19.3. The summed E-state index contributed by atoms with van der Waals surface area (Å²) in [5, 5.41) is 20.7. The Bertz CT molecular complexity index is 2260. The molecule has 0 spiro atoms. The van der Waals surface area contributed by atoms with Crippen LogP contribution >= 0.6 is 23.1 Å². The lowest BCUT2D eigenvalue weighted by Crippen LogP contribution is -2.30. The summed E-state index contributed by atoms with van der Waals surface area (Å²) in [4.78, 5) is 67.9. The summed E-state index contributed by atoms with van der Waals surface area (Å²) in [5.41, 5.74) is 2.15. The number of ether oxygens (including phenoxy) is 2. The molecule has 0 aliphatic carbocycles. The average molecular weight is 793 g/mol. The number of thiophene rings is 1. The molecule has 4 amide bonds. The van der Waals surface area contributed by atoms with Crippen LogP contribution < -0.4 is 26.0 Å². The van der Waals surface area contributed by atoms with E-state index in [1.54, 1.807) is 98.8 Å². The third-order valence-electron chi connectivity index (χ3n) is 8.18. The average Bonchev–Trinajstić information content (AvgIpc) is 3.53. The Hall–Kier alpha value is -6.38. The summed E-state index contributed by atoms with van der Waals surface area (Å²) in [7, 11) is 1.42. The molecule has 0 saturated carbocycles. The van der Waals surface area contributed by atoms with E-state index in [1.807, 2.05) is 13.0 Å². The SMILES string of the molecule is CCOC(=O)c1c(NC(=O)C(CC)Sc2cccc(NC(=O)/C(=C\c3ccc(O)cc3OC)NC(=O)c3ccccc3)c2)sc(C(=O)Nc2ccccc2)c1C. The zero-order chi connectivity index (χ0) is 40.2. The number of carbonyl (C=O) groups excluding carboxylic acids is 5. The van der Waals surface area contributed by atoms with E-state index in [9.17, 15) is 29.1 Å². The summed E-state index contributed by atoms with van der Waals surface area (Å²) in [6.45, 7) is 5.26. The van der Waals surface area contributed by atoms with Gasteiger partial charge in [-0.1, -0.05) is 49.4 Å². The number of benzene rings is 4. The number of amides is 4. The maximum Gasteiger partial charge on any atom is 0.341 e. The first-order valence-electron chi connectivity index (χ1n) is 17.5. The maximum absolute atomic E-state index is 13.8. The molecular formula is C42H40N4O8S2. The highest BCUT2D eigenvalue weighted by Gasteiger charge is 2.29. The van der Waals surface area contributed by atoms with E-state index in [-0.39, 0.29) is 39.2 Å². The van der Waals surface area contributed by atoms with Gasteiger partial charge in [-0.2, -0.15) is 0 Å². The second-order valence-corrected chi connectivity index (χ2v) is 14.4. The van der Waals surface area contributed by atoms with Crippen LogP contribution in [0.15, 0.2) is 114 Å². The molecule has 5 N–H and O–H groups in total. The Morgan fingerprint density at radius 2 is 1.52 bits per heavy atom. The lowest BCUT2D eigenvalue weighted by atomic mass is 10.1. The summed E-state index contributed by atoms with van der Waals surface area (Å²) in [5.74, 6) is -2.38. The van der Waals surface area contributed by atoms with Gasteiger partial charge in [0.1, 0.15) is 22.2 Å². The highest BCUT2D eigenvalue weighted by Crippen LogP contribution is 2.36. The van der Waals surface area contributed by atoms with Crippen LogP contribution in [0.5, 0.6) is 11.5 Å². The first kappa shape index (κ1) is 40.8. The molecule has 288 valence electrons. The lowest BCUT2D eigenvalue weighted by molar-refractivity contribution is -0.116. The molecule has 0 aliphatic heterocycles. The van der Waals surface area contributed by atoms with Crippen molar-refractivity contribution in [3.05, 3.63) is 136 Å². The number of nitrogens with one attached hydrogen (secondary N) is 4. The Labute approximate surface area is 332 Å². The molecule has 0 radical (unpaired) electrons. The number of phenolic OH excluding ortho intramolecular Hbond substituents is 1. The van der Waals surface area contributed by atoms with E-state index in [1.165, 1.54) is 37.1 Å². The van der Waals surface area contributed by atoms with Crippen LogP contribution in [-0.4, -0.2) is 53.7 Å². The van der Waals surface area contributed by atoms with Crippen LogP contribution in [-0.2, 0) is 14.3 Å². The van der Waals surface area contributed by atoms with E-state index in [2.05, 4.69) is 21.3 Å². The number of para-hydroxylation sites is 1. The Balaban J connectivity index is 1.35. The zero-order valence-electron chi connectivity index (χ0n) is 31.0. The standard InChI is InChI=1S/C42H40N4O8S2/c1-5-34(39(50)46-41-35(42(52)54-6-2)25(3)36(56-41)40(51)43-28-16-11-8-12-17-28)55-31-19-13-18-29(23-31)44-38(49)32(45-37(48)26-14-9-7-10-15-26)22-27-20-21-30(47)24-33(27)53-4/h7-24,34,47H,5-6H2,1-4H3,(H,43,51)(H,44,49)(H,45,48)(H,46,50)/b32-22+. The molecule has 1 heterocycles. The van der Waals surface area contributed by atoms with Gasteiger partial charge in [0.05, 0.1) is 29.4 Å². The maximum atomic E-state index is 13.8. The van der Waals surface area contributed by atoms with Crippen molar-refractivity contribution in [2.75, 3.05) is 29.7 Å². The van der Waals surface area contributed by atoms with Gasteiger partial charge in [-0.05, 0) is 86.5 Å². The Morgan fingerprint density at radius 3 is 2.20 bits per heavy atom. The number of aromatic hydroxyl groups is 1. The number of hydrogen-bond acceptors (Lipinski definition) is 10. The minimum atomic E-state index is -0.656. The Morgan fingerprint density at radius 1 is 0.821 bits per heavy atom. The number of rotatable bonds is 15. The van der Waals surface area contributed by atoms with Crippen molar-refractivity contribution in [2.45, 2.75) is 37.3 Å².